The van der Waals surface area contributed by atoms with Crippen molar-refractivity contribution in [2.75, 3.05) is 6.54 Å². The first kappa shape index (κ1) is 11.7. The van der Waals surface area contributed by atoms with Crippen LogP contribution in [-0.2, 0) is 6.42 Å². The van der Waals surface area contributed by atoms with Gasteiger partial charge in [-0.25, -0.2) is 4.79 Å². The molecule has 4 N–H and O–H groups in total. The van der Waals surface area contributed by atoms with Crippen molar-refractivity contribution in [3.05, 3.63) is 34.5 Å². The number of fused-ring (bicyclic) bond motifs is 1. The minimum absolute atomic E-state index is 0.263. The highest BCUT2D eigenvalue weighted by molar-refractivity contribution is 5.98. The molecule has 0 saturated heterocycles. The summed E-state index contributed by atoms with van der Waals surface area (Å²) < 4.78 is 0. The van der Waals surface area contributed by atoms with Crippen LogP contribution in [0.15, 0.2) is 12.1 Å². The lowest BCUT2D eigenvalue weighted by atomic mass is 10.0. The molecule has 17 heavy (non-hydrogen) atoms. The Morgan fingerprint density at radius 3 is 2.71 bits per heavy atom. The topological polar surface area (TPSA) is 79.1 Å². The molecule has 0 bridgehead atoms. The lowest BCUT2D eigenvalue weighted by Gasteiger charge is -2.02. The highest BCUT2D eigenvalue weighted by Gasteiger charge is 2.17. The number of aromatic amines is 1. The Kier molecular flexibility index (Phi) is 2.90. The largest absolute Gasteiger partial charge is 0.477 e. The molecule has 90 valence electrons. The predicted molar refractivity (Wildman–Crippen MR) is 67.5 cm³/mol. The van der Waals surface area contributed by atoms with E-state index in [0.717, 1.165) is 27.6 Å². The molecule has 0 aliphatic heterocycles. The van der Waals surface area contributed by atoms with Crippen LogP contribution in [0.25, 0.3) is 10.9 Å². The number of aromatic nitrogens is 1. The molecule has 0 amide bonds. The van der Waals surface area contributed by atoms with Gasteiger partial charge in [-0.2, -0.15) is 0 Å². The highest BCUT2D eigenvalue weighted by atomic mass is 16.4. The minimum Gasteiger partial charge on any atom is -0.477 e. The molecule has 0 saturated carbocycles. The van der Waals surface area contributed by atoms with E-state index in [4.69, 9.17) is 5.73 Å². The molecule has 1 aromatic heterocycles. The van der Waals surface area contributed by atoms with Gasteiger partial charge >= 0.3 is 5.97 Å². The van der Waals surface area contributed by atoms with E-state index in [1.807, 2.05) is 26.0 Å². The number of carboxylic acid groups (broad SMARTS) is 1. The number of H-pyrrole nitrogens is 1. The molecule has 0 atom stereocenters. The molecule has 1 aromatic carbocycles. The van der Waals surface area contributed by atoms with Gasteiger partial charge < -0.3 is 15.8 Å². The lowest BCUT2D eigenvalue weighted by Crippen LogP contribution is -2.07. The lowest BCUT2D eigenvalue weighted by molar-refractivity contribution is 0.0690. The molecule has 4 heteroatoms. The maximum Gasteiger partial charge on any atom is 0.352 e. The molecule has 1 heterocycles. The zero-order chi connectivity index (χ0) is 12.6. The van der Waals surface area contributed by atoms with Gasteiger partial charge in [-0.05, 0) is 43.5 Å². The smallest absolute Gasteiger partial charge is 0.352 e. The van der Waals surface area contributed by atoms with Crippen LogP contribution in [-0.4, -0.2) is 22.6 Å². The van der Waals surface area contributed by atoms with Crippen molar-refractivity contribution < 1.29 is 9.90 Å². The van der Waals surface area contributed by atoms with Gasteiger partial charge in [0.1, 0.15) is 5.69 Å². The van der Waals surface area contributed by atoms with E-state index in [-0.39, 0.29) is 5.69 Å². The fraction of sp³-hybridized carbons (Fsp3) is 0.308. The summed E-state index contributed by atoms with van der Waals surface area (Å²) >= 11 is 0. The van der Waals surface area contributed by atoms with E-state index in [2.05, 4.69) is 4.98 Å². The first-order valence-electron chi connectivity index (χ1n) is 5.60. The number of aromatic carboxylic acids is 1. The summed E-state index contributed by atoms with van der Waals surface area (Å²) in [4.78, 5) is 14.2. The van der Waals surface area contributed by atoms with Gasteiger partial charge in [0.25, 0.3) is 0 Å². The number of benzene rings is 1. The predicted octanol–water partition coefficient (Wildman–Crippen LogP) is 1.98. The fourth-order valence-corrected chi connectivity index (χ4v) is 2.15. The normalized spacial score (nSPS) is 11.0. The van der Waals surface area contributed by atoms with Crippen LogP contribution in [0.2, 0.25) is 0 Å². The standard InChI is InChI=1S/C13H16N2O2/c1-7-3-4-9-10(5-6-14)12(13(16)17)15-11(9)8(7)2/h3-4,15H,5-6,14H2,1-2H3,(H,16,17). The Morgan fingerprint density at radius 1 is 1.41 bits per heavy atom. The van der Waals surface area contributed by atoms with Crippen molar-refractivity contribution in [3.63, 3.8) is 0 Å². The second-order valence-electron chi connectivity index (χ2n) is 4.25. The number of hydrogen-bond donors (Lipinski definition) is 3. The van der Waals surface area contributed by atoms with E-state index in [9.17, 15) is 9.90 Å². The summed E-state index contributed by atoms with van der Waals surface area (Å²) in [5, 5.41) is 10.1. The molecular formula is C13H16N2O2. The third-order valence-corrected chi connectivity index (χ3v) is 3.22. The molecule has 2 aromatic rings. The Bertz CT molecular complexity index is 585. The molecule has 0 fully saturated rings. The van der Waals surface area contributed by atoms with Gasteiger partial charge in [-0.3, -0.25) is 0 Å². The Hall–Kier alpha value is -1.81. The summed E-state index contributed by atoms with van der Waals surface area (Å²) in [5.74, 6) is -0.929. The zero-order valence-corrected chi connectivity index (χ0v) is 10.0. The number of nitrogens with one attached hydrogen (secondary N) is 1. The van der Waals surface area contributed by atoms with Gasteiger partial charge in [0.2, 0.25) is 0 Å². The SMILES string of the molecule is Cc1ccc2c(CCN)c(C(=O)O)[nH]c2c1C. The maximum atomic E-state index is 11.2. The van der Waals surface area contributed by atoms with Crippen molar-refractivity contribution in [3.8, 4) is 0 Å². The summed E-state index contributed by atoms with van der Waals surface area (Å²) in [6, 6.07) is 3.97. The van der Waals surface area contributed by atoms with Crippen LogP contribution < -0.4 is 5.73 Å². The summed E-state index contributed by atoms with van der Waals surface area (Å²) in [6.45, 7) is 4.45. The number of carboxylic acids is 1. The maximum absolute atomic E-state index is 11.2. The first-order valence-corrected chi connectivity index (χ1v) is 5.60. The molecular weight excluding hydrogens is 216 g/mol. The molecule has 0 aliphatic rings. The summed E-state index contributed by atoms with van der Waals surface area (Å²) in [6.07, 6.45) is 0.574. The van der Waals surface area contributed by atoms with Gasteiger partial charge in [0.05, 0.1) is 0 Å². The van der Waals surface area contributed by atoms with Gasteiger partial charge in [-0.15, -0.1) is 0 Å². The van der Waals surface area contributed by atoms with E-state index in [1.165, 1.54) is 0 Å². The van der Waals surface area contributed by atoms with Gasteiger partial charge in [-0.1, -0.05) is 12.1 Å². The van der Waals surface area contributed by atoms with Crippen molar-refractivity contribution in [1.29, 1.82) is 0 Å². The Morgan fingerprint density at radius 2 is 2.12 bits per heavy atom. The van der Waals surface area contributed by atoms with Crippen LogP contribution in [0, 0.1) is 13.8 Å². The summed E-state index contributed by atoms with van der Waals surface area (Å²) in [5.41, 5.74) is 9.76. The van der Waals surface area contributed by atoms with E-state index in [1.54, 1.807) is 0 Å². The number of aryl methyl sites for hydroxylation is 2. The van der Waals surface area contributed by atoms with E-state index >= 15 is 0 Å². The fourth-order valence-electron chi connectivity index (χ4n) is 2.15. The quantitative estimate of drug-likeness (QED) is 0.757. The van der Waals surface area contributed by atoms with Crippen LogP contribution in [0.5, 0.6) is 0 Å². The average Bonchev–Trinajstić information content (AvgIpc) is 2.64. The second-order valence-corrected chi connectivity index (χ2v) is 4.25. The van der Waals surface area contributed by atoms with Crippen LogP contribution >= 0.6 is 0 Å². The molecule has 0 aliphatic carbocycles. The molecule has 2 rings (SSSR count). The third-order valence-electron chi connectivity index (χ3n) is 3.22. The Labute approximate surface area is 99.4 Å². The molecule has 0 spiro atoms. The zero-order valence-electron chi connectivity index (χ0n) is 10.0. The van der Waals surface area contributed by atoms with Crippen molar-refractivity contribution in [2.45, 2.75) is 20.3 Å². The second kappa shape index (κ2) is 4.22. The van der Waals surface area contributed by atoms with Crippen molar-refractivity contribution in [1.82, 2.24) is 4.98 Å². The Balaban J connectivity index is 2.79. The van der Waals surface area contributed by atoms with Crippen LogP contribution in [0.1, 0.15) is 27.2 Å². The number of rotatable bonds is 3. The van der Waals surface area contributed by atoms with Crippen molar-refractivity contribution in [2.24, 2.45) is 5.73 Å². The van der Waals surface area contributed by atoms with Crippen molar-refractivity contribution >= 4 is 16.9 Å². The third kappa shape index (κ3) is 1.80. The van der Waals surface area contributed by atoms with Gasteiger partial charge in [0, 0.05) is 10.9 Å². The molecule has 0 radical (unpaired) electrons. The monoisotopic (exact) mass is 232 g/mol. The number of carbonyl (C=O) groups is 1. The minimum atomic E-state index is -0.929. The average molecular weight is 232 g/mol. The van der Waals surface area contributed by atoms with Crippen LogP contribution in [0.3, 0.4) is 0 Å². The first-order chi connectivity index (χ1) is 8.06. The van der Waals surface area contributed by atoms with E-state index < -0.39 is 5.97 Å². The highest BCUT2D eigenvalue weighted by Crippen LogP contribution is 2.27. The number of nitrogens with two attached hydrogens (primary N) is 1. The summed E-state index contributed by atoms with van der Waals surface area (Å²) in [7, 11) is 0. The van der Waals surface area contributed by atoms with Gasteiger partial charge in [0.15, 0.2) is 0 Å². The van der Waals surface area contributed by atoms with Crippen LogP contribution in [0.4, 0.5) is 0 Å². The van der Waals surface area contributed by atoms with E-state index in [0.29, 0.717) is 13.0 Å². The molecule has 4 nitrogen and oxygen atoms in total. The molecule has 0 unspecified atom stereocenters. The number of hydrogen-bond acceptors (Lipinski definition) is 2.